The molecule has 0 amide bonds. The van der Waals surface area contributed by atoms with Crippen molar-refractivity contribution in [2.45, 2.75) is 12.8 Å². The molecule has 0 saturated carbocycles. The largest absolute Gasteiger partial charge is 0.403 e. The summed E-state index contributed by atoms with van der Waals surface area (Å²) in [6, 6.07) is 7.30. The molecule has 9 nitrogen and oxygen atoms in total. The van der Waals surface area contributed by atoms with E-state index in [9.17, 15) is 9.90 Å². The number of anilines is 2. The predicted molar refractivity (Wildman–Crippen MR) is 111 cm³/mol. The van der Waals surface area contributed by atoms with Gasteiger partial charge >= 0.3 is 0 Å². The Morgan fingerprint density at radius 2 is 2.00 bits per heavy atom. The van der Waals surface area contributed by atoms with Gasteiger partial charge in [0, 0.05) is 44.0 Å². The Morgan fingerprint density at radius 1 is 1.28 bits per heavy atom. The van der Waals surface area contributed by atoms with Crippen molar-refractivity contribution < 1.29 is 9.84 Å². The molecule has 2 aliphatic rings. The number of nitrogens with zero attached hydrogens (tertiary/aromatic N) is 4. The highest BCUT2D eigenvalue weighted by Crippen LogP contribution is 2.38. The molecule has 154 valence electrons. The van der Waals surface area contributed by atoms with Crippen LogP contribution in [-0.4, -0.2) is 47.6 Å². The van der Waals surface area contributed by atoms with Crippen LogP contribution >= 0.6 is 0 Å². The number of hydrazine groups is 1. The molecule has 2 saturated heterocycles. The first-order chi connectivity index (χ1) is 14.0. The summed E-state index contributed by atoms with van der Waals surface area (Å²) < 4.78 is 6.94. The van der Waals surface area contributed by atoms with Crippen LogP contribution in [0.1, 0.15) is 12.1 Å². The summed E-state index contributed by atoms with van der Waals surface area (Å²) in [5.41, 5.74) is 7.64. The Balaban J connectivity index is 1.66. The Kier molecular flexibility index (Phi) is 5.27. The van der Waals surface area contributed by atoms with Gasteiger partial charge < -0.3 is 20.5 Å². The van der Waals surface area contributed by atoms with Crippen molar-refractivity contribution in [2.75, 3.05) is 42.8 Å². The lowest BCUT2D eigenvalue weighted by atomic mass is 9.78. The summed E-state index contributed by atoms with van der Waals surface area (Å²) in [7, 11) is 0. The first kappa shape index (κ1) is 19.4. The molecule has 1 aromatic heterocycles. The third kappa shape index (κ3) is 3.71. The van der Waals surface area contributed by atoms with Crippen molar-refractivity contribution in [1.29, 1.82) is 0 Å². The highest BCUT2D eigenvalue weighted by molar-refractivity contribution is 5.53. The second-order valence-corrected chi connectivity index (χ2v) is 7.67. The highest BCUT2D eigenvalue weighted by atomic mass is 16.5. The number of rotatable bonds is 7. The highest BCUT2D eigenvalue weighted by Gasteiger charge is 2.50. The van der Waals surface area contributed by atoms with E-state index in [0.717, 1.165) is 43.4 Å². The molecule has 5 N–H and O–H groups in total. The van der Waals surface area contributed by atoms with E-state index >= 15 is 0 Å². The fraction of sp³-hybridized carbons (Fsp3) is 0.400. The normalized spacial score (nSPS) is 17.4. The van der Waals surface area contributed by atoms with Crippen molar-refractivity contribution in [3.8, 4) is 5.69 Å². The molecule has 0 radical (unpaired) electrons. The lowest BCUT2D eigenvalue weighted by Gasteiger charge is -2.55. The topological polar surface area (TPSA) is 123 Å². The van der Waals surface area contributed by atoms with Gasteiger partial charge in [-0.25, -0.2) is 10.8 Å². The molecule has 4 rings (SSSR count). The zero-order chi connectivity index (χ0) is 20.4. The summed E-state index contributed by atoms with van der Waals surface area (Å²) in [6.07, 6.45) is 5.84. The van der Waals surface area contributed by atoms with Crippen molar-refractivity contribution in [1.82, 2.24) is 9.55 Å². The van der Waals surface area contributed by atoms with Crippen LogP contribution in [0.25, 0.3) is 5.69 Å². The van der Waals surface area contributed by atoms with E-state index < -0.39 is 0 Å². The molecular weight excluding hydrogens is 372 g/mol. The summed E-state index contributed by atoms with van der Waals surface area (Å²) in [5.74, 6) is 6.34. The number of aliphatic hydroxyl groups excluding tert-OH is 1. The van der Waals surface area contributed by atoms with Gasteiger partial charge in [-0.3, -0.25) is 14.4 Å². The lowest BCUT2D eigenvalue weighted by Crippen LogP contribution is -2.67. The molecule has 2 aliphatic heterocycles. The molecule has 0 aliphatic carbocycles. The van der Waals surface area contributed by atoms with Crippen molar-refractivity contribution in [2.24, 2.45) is 17.0 Å². The minimum absolute atomic E-state index is 0.0794. The maximum Gasteiger partial charge on any atom is 0.298 e. The maximum atomic E-state index is 13.2. The Labute approximate surface area is 168 Å². The van der Waals surface area contributed by atoms with Gasteiger partial charge in [0.2, 0.25) is 0 Å². The first-order valence-corrected chi connectivity index (χ1v) is 9.64. The van der Waals surface area contributed by atoms with Crippen LogP contribution in [0.5, 0.6) is 0 Å². The molecule has 2 fully saturated rings. The number of aromatic nitrogens is 2. The van der Waals surface area contributed by atoms with Gasteiger partial charge in [-0.05, 0) is 37.1 Å². The minimum atomic E-state index is -0.160. The van der Waals surface area contributed by atoms with E-state index in [0.29, 0.717) is 18.7 Å². The van der Waals surface area contributed by atoms with Crippen LogP contribution in [0, 0.1) is 5.41 Å². The van der Waals surface area contributed by atoms with E-state index in [1.165, 1.54) is 11.2 Å². The van der Waals surface area contributed by atoms with Gasteiger partial charge in [0.25, 0.3) is 5.56 Å². The second-order valence-electron chi connectivity index (χ2n) is 7.67. The monoisotopic (exact) mass is 398 g/mol. The molecule has 2 aromatic rings. The quantitative estimate of drug-likeness (QED) is 0.443. The fourth-order valence-corrected chi connectivity index (χ4v) is 3.76. The SMILES string of the molecule is N/C=C\N(N)c1ccc(-n2cc(CCCO)nc(N3CC4(COC4)C3)c2=O)cc1. The van der Waals surface area contributed by atoms with Crippen LogP contribution in [0.4, 0.5) is 11.5 Å². The lowest BCUT2D eigenvalue weighted by molar-refractivity contribution is -0.127. The number of hydrogen-bond acceptors (Lipinski definition) is 8. The molecule has 9 heteroatoms. The van der Waals surface area contributed by atoms with Gasteiger partial charge in [0.15, 0.2) is 5.82 Å². The van der Waals surface area contributed by atoms with Gasteiger partial charge in [-0.2, -0.15) is 0 Å². The number of aryl methyl sites for hydroxylation is 1. The van der Waals surface area contributed by atoms with E-state index in [4.69, 9.17) is 16.3 Å². The minimum Gasteiger partial charge on any atom is -0.403 e. The second kappa shape index (κ2) is 7.86. The number of benzene rings is 1. The van der Waals surface area contributed by atoms with Crippen LogP contribution in [0.15, 0.2) is 47.7 Å². The molecular formula is C20H26N6O3. The van der Waals surface area contributed by atoms with Crippen molar-refractivity contribution in [3.05, 3.63) is 58.9 Å². The van der Waals surface area contributed by atoms with Crippen LogP contribution < -0.4 is 27.0 Å². The number of nitrogens with two attached hydrogens (primary N) is 2. The molecule has 0 atom stereocenters. The zero-order valence-electron chi connectivity index (χ0n) is 16.2. The van der Waals surface area contributed by atoms with Gasteiger partial charge in [-0.1, -0.05) is 0 Å². The predicted octanol–water partition coefficient (Wildman–Crippen LogP) is 0.104. The standard InChI is InChI=1S/C20H26N6O3/c21-7-8-26(22)17-5-3-16(4-6-17)25-10-15(2-1-9-27)23-18(19(25)28)24-11-20(12-24)13-29-14-20/h3-8,10,27H,1-2,9,11-14,21-22H2/b8-7-. The number of aliphatic hydroxyl groups is 1. The third-order valence-corrected chi connectivity index (χ3v) is 5.37. The molecule has 0 unspecified atom stereocenters. The van der Waals surface area contributed by atoms with Crippen molar-refractivity contribution in [3.63, 3.8) is 0 Å². The average Bonchev–Trinajstić information content (AvgIpc) is 2.66. The van der Waals surface area contributed by atoms with Gasteiger partial charge in [-0.15, -0.1) is 0 Å². The van der Waals surface area contributed by atoms with Crippen LogP contribution in [0.2, 0.25) is 0 Å². The molecule has 29 heavy (non-hydrogen) atoms. The van der Waals surface area contributed by atoms with E-state index in [1.54, 1.807) is 17.0 Å². The van der Waals surface area contributed by atoms with Crippen molar-refractivity contribution >= 4 is 11.5 Å². The zero-order valence-corrected chi connectivity index (χ0v) is 16.2. The van der Waals surface area contributed by atoms with Gasteiger partial charge in [0.1, 0.15) is 0 Å². The van der Waals surface area contributed by atoms with Crippen LogP contribution in [-0.2, 0) is 11.2 Å². The smallest absolute Gasteiger partial charge is 0.298 e. The number of hydrogen-bond donors (Lipinski definition) is 3. The maximum absolute atomic E-state index is 13.2. The Morgan fingerprint density at radius 3 is 2.59 bits per heavy atom. The van der Waals surface area contributed by atoms with Gasteiger partial charge in [0.05, 0.1) is 30.0 Å². The molecule has 0 bridgehead atoms. The van der Waals surface area contributed by atoms with E-state index in [-0.39, 0.29) is 17.6 Å². The molecule has 1 spiro atoms. The molecule has 1 aromatic carbocycles. The summed E-state index contributed by atoms with van der Waals surface area (Å²) in [6.45, 7) is 3.14. The Bertz CT molecular complexity index is 944. The number of ether oxygens (including phenoxy) is 1. The summed E-state index contributed by atoms with van der Waals surface area (Å²) in [5, 5.41) is 10.6. The van der Waals surface area contributed by atoms with Crippen LogP contribution in [0.3, 0.4) is 0 Å². The molecule has 3 heterocycles. The van der Waals surface area contributed by atoms with E-state index in [1.807, 2.05) is 29.2 Å². The summed E-state index contributed by atoms with van der Waals surface area (Å²) in [4.78, 5) is 19.8. The third-order valence-electron chi connectivity index (χ3n) is 5.37. The average molecular weight is 398 g/mol. The fourth-order valence-electron chi connectivity index (χ4n) is 3.76. The first-order valence-electron chi connectivity index (χ1n) is 9.64. The summed E-state index contributed by atoms with van der Waals surface area (Å²) >= 11 is 0. The van der Waals surface area contributed by atoms with E-state index in [2.05, 4.69) is 4.98 Å². The Hall–Kier alpha value is -2.88.